The predicted molar refractivity (Wildman–Crippen MR) is 260 cm³/mol. The molecule has 0 aliphatic carbocycles. The third kappa shape index (κ3) is 43.3. The molecular formula is C54H105NO5. The van der Waals surface area contributed by atoms with Crippen LogP contribution in [-0.4, -0.2) is 46.9 Å². The molecule has 3 N–H and O–H groups in total. The zero-order valence-electron chi connectivity index (χ0n) is 40.6. The first kappa shape index (κ1) is 58.6. The van der Waals surface area contributed by atoms with Gasteiger partial charge in [-0.2, -0.15) is 0 Å². The maximum atomic E-state index is 13.2. The van der Waals surface area contributed by atoms with Crippen LogP contribution in [0.2, 0.25) is 0 Å². The fourth-order valence-electron chi connectivity index (χ4n) is 8.49. The summed E-state index contributed by atoms with van der Waals surface area (Å²) >= 11 is 0. The van der Waals surface area contributed by atoms with Crippen molar-refractivity contribution >= 4 is 11.9 Å². The molecule has 3 atom stereocenters. The number of amides is 1. The molecule has 356 valence electrons. The average molecular weight is 848 g/mol. The van der Waals surface area contributed by atoms with Gasteiger partial charge in [-0.25, -0.2) is 0 Å². The third-order valence-electron chi connectivity index (χ3n) is 12.6. The van der Waals surface area contributed by atoms with Crippen LogP contribution in [0.25, 0.3) is 0 Å². The molecule has 0 saturated heterocycles. The number of hydrogen-bond acceptors (Lipinski definition) is 5. The molecule has 0 aliphatic heterocycles. The highest BCUT2D eigenvalue weighted by molar-refractivity contribution is 5.77. The van der Waals surface area contributed by atoms with Crippen LogP contribution in [-0.2, 0) is 14.3 Å². The molecule has 0 bridgehead atoms. The lowest BCUT2D eigenvalue weighted by Gasteiger charge is -2.24. The van der Waals surface area contributed by atoms with E-state index >= 15 is 0 Å². The molecule has 0 spiro atoms. The second kappa shape index (κ2) is 48.6. The average Bonchev–Trinajstić information content (AvgIpc) is 3.24. The van der Waals surface area contributed by atoms with E-state index in [0.29, 0.717) is 19.3 Å². The second-order valence-corrected chi connectivity index (χ2v) is 18.6. The van der Waals surface area contributed by atoms with Crippen molar-refractivity contribution in [3.05, 3.63) is 12.2 Å². The van der Waals surface area contributed by atoms with Gasteiger partial charge in [0.25, 0.3) is 0 Å². The van der Waals surface area contributed by atoms with Gasteiger partial charge in [-0.05, 0) is 51.4 Å². The Labute approximate surface area is 374 Å². The molecule has 3 unspecified atom stereocenters. The van der Waals surface area contributed by atoms with Gasteiger partial charge in [-0.15, -0.1) is 0 Å². The maximum absolute atomic E-state index is 13.2. The van der Waals surface area contributed by atoms with E-state index < -0.39 is 18.2 Å². The second-order valence-electron chi connectivity index (χ2n) is 18.6. The number of allylic oxidation sites excluding steroid dienone is 2. The Morgan fingerprint density at radius 2 is 0.800 bits per heavy atom. The van der Waals surface area contributed by atoms with Gasteiger partial charge in [-0.3, -0.25) is 9.59 Å². The van der Waals surface area contributed by atoms with Gasteiger partial charge in [0.05, 0.1) is 25.2 Å². The normalized spacial score (nSPS) is 13.2. The molecule has 0 aliphatic rings. The number of hydrogen-bond donors (Lipinski definition) is 3. The van der Waals surface area contributed by atoms with Crippen molar-refractivity contribution in [3.63, 3.8) is 0 Å². The van der Waals surface area contributed by atoms with Gasteiger partial charge in [0.15, 0.2) is 0 Å². The van der Waals surface area contributed by atoms with Crippen LogP contribution in [0.15, 0.2) is 12.2 Å². The minimum Gasteiger partial charge on any atom is -0.462 e. The summed E-state index contributed by atoms with van der Waals surface area (Å²) < 4.78 is 5.93. The van der Waals surface area contributed by atoms with Crippen LogP contribution in [0.4, 0.5) is 0 Å². The van der Waals surface area contributed by atoms with E-state index in [0.717, 1.165) is 44.9 Å². The van der Waals surface area contributed by atoms with Crippen LogP contribution in [0, 0.1) is 0 Å². The lowest BCUT2D eigenvalue weighted by molar-refractivity contribution is -0.151. The molecule has 0 heterocycles. The molecule has 0 aromatic rings. The highest BCUT2D eigenvalue weighted by Crippen LogP contribution is 2.18. The van der Waals surface area contributed by atoms with Crippen LogP contribution in [0.1, 0.15) is 297 Å². The summed E-state index contributed by atoms with van der Waals surface area (Å²) in [4.78, 5) is 26.1. The number of rotatable bonds is 49. The van der Waals surface area contributed by atoms with Crippen molar-refractivity contribution in [2.24, 2.45) is 0 Å². The number of nitrogens with one attached hydrogen (secondary N) is 1. The Kier molecular flexibility index (Phi) is 47.5. The van der Waals surface area contributed by atoms with Crippen LogP contribution in [0.5, 0.6) is 0 Å². The highest BCUT2D eigenvalue weighted by atomic mass is 16.5. The minimum atomic E-state index is -0.782. The van der Waals surface area contributed by atoms with Crippen molar-refractivity contribution in [1.82, 2.24) is 5.32 Å². The Morgan fingerprint density at radius 3 is 1.18 bits per heavy atom. The summed E-state index contributed by atoms with van der Waals surface area (Å²) in [5, 5.41) is 23.8. The molecule has 1 amide bonds. The van der Waals surface area contributed by atoms with Crippen molar-refractivity contribution < 1.29 is 24.5 Å². The summed E-state index contributed by atoms with van der Waals surface area (Å²) in [6.45, 7) is 6.50. The fraction of sp³-hybridized carbons (Fsp3) is 0.926. The molecule has 6 heteroatoms. The van der Waals surface area contributed by atoms with E-state index in [1.54, 1.807) is 0 Å². The molecule has 60 heavy (non-hydrogen) atoms. The lowest BCUT2D eigenvalue weighted by atomic mass is 10.0. The molecule has 0 aromatic carbocycles. The van der Waals surface area contributed by atoms with Crippen LogP contribution in [0.3, 0.4) is 0 Å². The van der Waals surface area contributed by atoms with Gasteiger partial charge in [-0.1, -0.05) is 245 Å². The Balaban J connectivity index is 4.44. The van der Waals surface area contributed by atoms with Gasteiger partial charge in [0.2, 0.25) is 5.91 Å². The van der Waals surface area contributed by atoms with Crippen LogP contribution >= 0.6 is 0 Å². The molecule has 6 nitrogen and oxygen atoms in total. The number of aliphatic hydroxyl groups excluding tert-OH is 2. The van der Waals surface area contributed by atoms with Crippen molar-refractivity contribution in [2.75, 3.05) is 6.61 Å². The molecule has 0 radical (unpaired) electrons. The summed E-state index contributed by atoms with van der Waals surface area (Å²) in [5.41, 5.74) is 0. The monoisotopic (exact) mass is 848 g/mol. The number of esters is 1. The molecule has 0 aromatic heterocycles. The van der Waals surface area contributed by atoms with Gasteiger partial charge in [0, 0.05) is 6.42 Å². The highest BCUT2D eigenvalue weighted by Gasteiger charge is 2.24. The summed E-state index contributed by atoms with van der Waals surface area (Å²) in [6, 6.07) is -0.695. The molecule has 0 rings (SSSR count). The Hall–Kier alpha value is -1.40. The molecule has 0 fully saturated rings. The zero-order chi connectivity index (χ0) is 43.8. The van der Waals surface area contributed by atoms with E-state index in [9.17, 15) is 19.8 Å². The van der Waals surface area contributed by atoms with E-state index in [2.05, 4.69) is 38.2 Å². The van der Waals surface area contributed by atoms with Gasteiger partial charge < -0.3 is 20.3 Å². The summed E-state index contributed by atoms with van der Waals surface area (Å²) in [6.07, 6.45) is 54.2. The number of ether oxygens (including phenoxy) is 1. The summed E-state index contributed by atoms with van der Waals surface area (Å²) in [7, 11) is 0. The standard InChI is InChI=1S/C54H105NO5/c1-4-7-10-13-16-19-22-24-26-27-28-30-32-35-38-41-44-47-54(59)60-50(45-42-39-36-33-21-18-15-12-9-6-3)48-53(58)55-51(49-56)52(57)46-43-40-37-34-31-29-25-23-20-17-14-11-8-5-2/h24,26,50-52,56-57H,4-23,25,27-49H2,1-3H3,(H,55,58)/b26-24+. The first-order valence-corrected chi connectivity index (χ1v) is 26.9. The van der Waals surface area contributed by atoms with Crippen molar-refractivity contribution in [3.8, 4) is 0 Å². The third-order valence-corrected chi connectivity index (χ3v) is 12.6. The largest absolute Gasteiger partial charge is 0.462 e. The van der Waals surface area contributed by atoms with E-state index in [4.69, 9.17) is 4.74 Å². The number of carbonyl (C=O) groups is 2. The Morgan fingerprint density at radius 1 is 0.467 bits per heavy atom. The van der Waals surface area contributed by atoms with Crippen molar-refractivity contribution in [1.29, 1.82) is 0 Å². The molecular weight excluding hydrogens is 743 g/mol. The first-order chi connectivity index (χ1) is 29.5. The van der Waals surface area contributed by atoms with Crippen molar-refractivity contribution in [2.45, 2.75) is 315 Å². The predicted octanol–water partition coefficient (Wildman–Crippen LogP) is 16.1. The fourth-order valence-corrected chi connectivity index (χ4v) is 8.49. The zero-order valence-corrected chi connectivity index (χ0v) is 40.6. The quantitative estimate of drug-likeness (QED) is 0.0322. The van der Waals surface area contributed by atoms with E-state index in [1.807, 2.05) is 0 Å². The maximum Gasteiger partial charge on any atom is 0.306 e. The number of carbonyl (C=O) groups excluding carboxylic acids is 2. The minimum absolute atomic E-state index is 0.0828. The van der Waals surface area contributed by atoms with Gasteiger partial charge in [0.1, 0.15) is 6.10 Å². The lowest BCUT2D eigenvalue weighted by Crippen LogP contribution is -2.46. The Bertz CT molecular complexity index is 909. The first-order valence-electron chi connectivity index (χ1n) is 26.9. The number of unbranched alkanes of at least 4 members (excludes halogenated alkanes) is 35. The SMILES string of the molecule is CCCCCCCC/C=C/CCCCCCCCCC(=O)OC(CCCCCCCCCCCC)CC(=O)NC(CO)C(O)CCCCCCCCCCCCCCCC. The smallest absolute Gasteiger partial charge is 0.306 e. The molecule has 0 saturated carbocycles. The topological polar surface area (TPSA) is 95.9 Å². The van der Waals surface area contributed by atoms with Crippen LogP contribution < -0.4 is 5.32 Å². The van der Waals surface area contributed by atoms with E-state index in [1.165, 1.54) is 205 Å². The van der Waals surface area contributed by atoms with E-state index in [-0.39, 0.29) is 24.9 Å². The summed E-state index contributed by atoms with van der Waals surface area (Å²) in [5.74, 6) is -0.462. The van der Waals surface area contributed by atoms with Gasteiger partial charge >= 0.3 is 5.97 Å². The number of aliphatic hydroxyl groups is 2.